The lowest BCUT2D eigenvalue weighted by Crippen LogP contribution is -2.50. The second-order valence-corrected chi connectivity index (χ2v) is 6.70. The number of hydrogen-bond donors (Lipinski definition) is 1. The second-order valence-electron chi connectivity index (χ2n) is 6.70. The van der Waals surface area contributed by atoms with Crippen molar-refractivity contribution in [2.24, 2.45) is 11.7 Å². The van der Waals surface area contributed by atoms with E-state index in [-0.39, 0.29) is 0 Å². The summed E-state index contributed by atoms with van der Waals surface area (Å²) in [6.45, 7) is 11.2. The van der Waals surface area contributed by atoms with Gasteiger partial charge in [0, 0.05) is 25.2 Å². The lowest BCUT2D eigenvalue weighted by molar-refractivity contribution is 0.114. The predicted molar refractivity (Wildman–Crippen MR) is 87.0 cm³/mol. The summed E-state index contributed by atoms with van der Waals surface area (Å²) in [5.74, 6) is 0.704. The molecule has 2 N–H and O–H groups in total. The fraction of sp³-hybridized carbons (Fsp3) is 0.667. The van der Waals surface area contributed by atoms with Crippen molar-refractivity contribution < 1.29 is 0 Å². The quantitative estimate of drug-likeness (QED) is 0.913. The lowest BCUT2D eigenvalue weighted by atomic mass is 9.87. The zero-order valence-electron chi connectivity index (χ0n) is 13.5. The van der Waals surface area contributed by atoms with Gasteiger partial charge in [0.05, 0.1) is 0 Å². The number of aryl methyl sites for hydroxylation is 2. The molecule has 20 heavy (non-hydrogen) atoms. The molecule has 1 aromatic carbocycles. The molecule has 1 aliphatic heterocycles. The van der Waals surface area contributed by atoms with Crippen LogP contribution in [0.5, 0.6) is 0 Å². The van der Waals surface area contributed by atoms with E-state index in [1.54, 1.807) is 0 Å². The van der Waals surface area contributed by atoms with Gasteiger partial charge < -0.3 is 5.73 Å². The Balaban J connectivity index is 2.02. The van der Waals surface area contributed by atoms with E-state index >= 15 is 0 Å². The number of nitrogens with two attached hydrogens (primary N) is 1. The van der Waals surface area contributed by atoms with E-state index in [0.29, 0.717) is 18.0 Å². The molecule has 2 heteroatoms. The Morgan fingerprint density at radius 2 is 2.00 bits per heavy atom. The monoisotopic (exact) mass is 274 g/mol. The third kappa shape index (κ3) is 3.83. The molecule has 0 spiro atoms. The first-order valence-electron chi connectivity index (χ1n) is 8.05. The van der Waals surface area contributed by atoms with Gasteiger partial charge in [-0.1, -0.05) is 25.1 Å². The van der Waals surface area contributed by atoms with E-state index in [0.717, 1.165) is 6.54 Å². The summed E-state index contributed by atoms with van der Waals surface area (Å²) in [5, 5.41) is 0. The molecule has 112 valence electrons. The van der Waals surface area contributed by atoms with Gasteiger partial charge in [0.2, 0.25) is 0 Å². The topological polar surface area (TPSA) is 29.3 Å². The third-order valence-corrected chi connectivity index (χ3v) is 4.91. The molecular weight excluding hydrogens is 244 g/mol. The van der Waals surface area contributed by atoms with Gasteiger partial charge in [0.25, 0.3) is 0 Å². The summed E-state index contributed by atoms with van der Waals surface area (Å²) in [5.41, 5.74) is 10.5. The third-order valence-electron chi connectivity index (χ3n) is 4.91. The highest BCUT2D eigenvalue weighted by molar-refractivity contribution is 5.30. The average molecular weight is 274 g/mol. The first kappa shape index (κ1) is 15.5. The van der Waals surface area contributed by atoms with Gasteiger partial charge in [0.1, 0.15) is 0 Å². The first-order chi connectivity index (χ1) is 9.49. The van der Waals surface area contributed by atoms with Crippen LogP contribution in [0.2, 0.25) is 0 Å². The Morgan fingerprint density at radius 3 is 2.65 bits per heavy atom. The maximum Gasteiger partial charge on any atom is 0.0171 e. The summed E-state index contributed by atoms with van der Waals surface area (Å²) in [6.07, 6.45) is 3.55. The summed E-state index contributed by atoms with van der Waals surface area (Å²) in [7, 11) is 0. The molecule has 3 unspecified atom stereocenters. The fourth-order valence-corrected chi connectivity index (χ4v) is 3.31. The van der Waals surface area contributed by atoms with Crippen molar-refractivity contribution in [1.29, 1.82) is 0 Å². The minimum Gasteiger partial charge on any atom is -0.327 e. The van der Waals surface area contributed by atoms with Crippen LogP contribution in [0.4, 0.5) is 0 Å². The van der Waals surface area contributed by atoms with Crippen LogP contribution in [0.3, 0.4) is 0 Å². The molecule has 1 aliphatic rings. The van der Waals surface area contributed by atoms with Crippen LogP contribution in [0.15, 0.2) is 18.2 Å². The average Bonchev–Trinajstić information content (AvgIpc) is 2.41. The Bertz CT molecular complexity index is 441. The molecule has 0 bridgehead atoms. The molecule has 1 fully saturated rings. The van der Waals surface area contributed by atoms with Gasteiger partial charge in [-0.25, -0.2) is 0 Å². The van der Waals surface area contributed by atoms with Crippen LogP contribution >= 0.6 is 0 Å². The van der Waals surface area contributed by atoms with E-state index in [2.05, 4.69) is 50.8 Å². The van der Waals surface area contributed by atoms with Crippen molar-refractivity contribution in [3.8, 4) is 0 Å². The molecule has 3 atom stereocenters. The number of hydrogen-bond acceptors (Lipinski definition) is 2. The molecule has 0 radical (unpaired) electrons. The maximum atomic E-state index is 6.27. The summed E-state index contributed by atoms with van der Waals surface area (Å²) in [4.78, 5) is 2.58. The molecular formula is C18H30N2. The number of benzene rings is 1. The number of rotatable bonds is 4. The van der Waals surface area contributed by atoms with E-state index in [9.17, 15) is 0 Å². The van der Waals surface area contributed by atoms with Crippen LogP contribution in [0.1, 0.15) is 43.4 Å². The zero-order valence-corrected chi connectivity index (χ0v) is 13.5. The van der Waals surface area contributed by atoms with Gasteiger partial charge in [0.15, 0.2) is 0 Å². The highest BCUT2D eigenvalue weighted by Gasteiger charge is 2.27. The molecule has 0 aromatic heterocycles. The maximum absolute atomic E-state index is 6.27. The highest BCUT2D eigenvalue weighted by atomic mass is 15.2. The van der Waals surface area contributed by atoms with E-state index < -0.39 is 0 Å². The smallest absolute Gasteiger partial charge is 0.0171 e. The van der Waals surface area contributed by atoms with Crippen molar-refractivity contribution in [1.82, 2.24) is 4.90 Å². The number of nitrogens with zero attached hydrogens (tertiary/aromatic N) is 1. The Labute approximate surface area is 124 Å². The van der Waals surface area contributed by atoms with Gasteiger partial charge >= 0.3 is 0 Å². The Kier molecular flexibility index (Phi) is 5.22. The standard InChI is InChI=1S/C18H30N2/c1-5-15(4)20-11-17(10-18(19)12-20)9-16-7-6-13(2)14(3)8-16/h6-8,15,17-18H,5,9-12,19H2,1-4H3. The van der Waals surface area contributed by atoms with E-state index in [4.69, 9.17) is 5.73 Å². The molecule has 2 rings (SSSR count). The van der Waals surface area contributed by atoms with Crippen LogP contribution in [-0.2, 0) is 6.42 Å². The van der Waals surface area contributed by atoms with Crippen molar-refractivity contribution in [3.63, 3.8) is 0 Å². The first-order valence-corrected chi connectivity index (χ1v) is 8.05. The van der Waals surface area contributed by atoms with Gasteiger partial charge in [-0.3, -0.25) is 4.90 Å². The van der Waals surface area contributed by atoms with Crippen molar-refractivity contribution in [3.05, 3.63) is 34.9 Å². The summed E-state index contributed by atoms with van der Waals surface area (Å²) < 4.78 is 0. The van der Waals surface area contributed by atoms with Crippen LogP contribution < -0.4 is 5.73 Å². The molecule has 0 amide bonds. The molecule has 0 saturated carbocycles. The summed E-state index contributed by atoms with van der Waals surface area (Å²) in [6, 6.07) is 7.89. The van der Waals surface area contributed by atoms with Gasteiger partial charge in [-0.2, -0.15) is 0 Å². The highest BCUT2D eigenvalue weighted by Crippen LogP contribution is 2.23. The number of piperidine rings is 1. The molecule has 1 saturated heterocycles. The minimum absolute atomic E-state index is 0.342. The normalized spacial score (nSPS) is 25.6. The zero-order chi connectivity index (χ0) is 14.7. The predicted octanol–water partition coefficient (Wildman–Crippen LogP) is 3.29. The fourth-order valence-electron chi connectivity index (χ4n) is 3.31. The van der Waals surface area contributed by atoms with Gasteiger partial charge in [-0.15, -0.1) is 0 Å². The molecule has 2 nitrogen and oxygen atoms in total. The SMILES string of the molecule is CCC(C)N1CC(N)CC(Cc2ccc(C)c(C)c2)C1. The molecule has 1 heterocycles. The molecule has 1 aromatic rings. The lowest BCUT2D eigenvalue weighted by Gasteiger charge is -2.39. The largest absolute Gasteiger partial charge is 0.327 e. The van der Waals surface area contributed by atoms with Crippen molar-refractivity contribution in [2.45, 2.75) is 59.0 Å². The Hall–Kier alpha value is -0.860. The van der Waals surface area contributed by atoms with Crippen LogP contribution in [0.25, 0.3) is 0 Å². The minimum atomic E-state index is 0.342. The summed E-state index contributed by atoms with van der Waals surface area (Å²) >= 11 is 0. The molecule has 0 aliphatic carbocycles. The van der Waals surface area contributed by atoms with Crippen molar-refractivity contribution >= 4 is 0 Å². The Morgan fingerprint density at radius 1 is 1.25 bits per heavy atom. The van der Waals surface area contributed by atoms with E-state index in [1.165, 1.54) is 42.5 Å². The van der Waals surface area contributed by atoms with Gasteiger partial charge in [-0.05, 0) is 62.6 Å². The van der Waals surface area contributed by atoms with E-state index in [1.807, 2.05) is 0 Å². The van der Waals surface area contributed by atoms with Crippen LogP contribution in [0, 0.1) is 19.8 Å². The number of likely N-dealkylation sites (tertiary alicyclic amines) is 1. The van der Waals surface area contributed by atoms with Crippen molar-refractivity contribution in [2.75, 3.05) is 13.1 Å². The second kappa shape index (κ2) is 6.73. The van der Waals surface area contributed by atoms with Crippen LogP contribution in [-0.4, -0.2) is 30.1 Å².